The zero-order chi connectivity index (χ0) is 13.5. The maximum Gasteiger partial charge on any atom is 0.0661 e. The van der Waals surface area contributed by atoms with Crippen molar-refractivity contribution in [2.45, 2.75) is 64.3 Å². The van der Waals surface area contributed by atoms with E-state index in [4.69, 9.17) is 0 Å². The first-order chi connectivity index (χ1) is 9.36. The molecular weight excluding hydrogens is 236 g/mol. The minimum atomic E-state index is 0.300. The van der Waals surface area contributed by atoms with Crippen LogP contribution in [0.2, 0.25) is 0 Å². The van der Waals surface area contributed by atoms with Gasteiger partial charge in [0, 0.05) is 0 Å². The lowest BCUT2D eigenvalue weighted by Gasteiger charge is -2.32. The summed E-state index contributed by atoms with van der Waals surface area (Å²) < 4.78 is 0. The molecule has 3 nitrogen and oxygen atoms in total. The molecule has 0 saturated heterocycles. The first-order valence-electron chi connectivity index (χ1n) is 7.57. The van der Waals surface area contributed by atoms with Crippen LogP contribution in [0.1, 0.15) is 57.4 Å². The summed E-state index contributed by atoms with van der Waals surface area (Å²) in [5, 5.41) is 4.98. The summed E-state index contributed by atoms with van der Waals surface area (Å²) in [6, 6.07) is 8.44. The number of unbranched alkanes of at least 4 members (excludes halogenated alkanes) is 4. The molecule has 0 aromatic heterocycles. The molecule has 2 rings (SSSR count). The van der Waals surface area contributed by atoms with Crippen molar-refractivity contribution in [1.82, 2.24) is 0 Å². The molecule has 0 radical (unpaired) electrons. The van der Waals surface area contributed by atoms with Crippen LogP contribution in [0.3, 0.4) is 0 Å². The van der Waals surface area contributed by atoms with E-state index in [0.29, 0.717) is 6.04 Å². The molecule has 1 heterocycles. The van der Waals surface area contributed by atoms with Gasteiger partial charge in [-0.3, -0.25) is 0 Å². The number of para-hydroxylation sites is 1. The summed E-state index contributed by atoms with van der Waals surface area (Å²) in [5.41, 5.74) is 2.27. The van der Waals surface area contributed by atoms with Crippen LogP contribution < -0.4 is 5.01 Å². The van der Waals surface area contributed by atoms with Crippen molar-refractivity contribution in [3.05, 3.63) is 34.7 Å². The van der Waals surface area contributed by atoms with Gasteiger partial charge in [-0.2, -0.15) is 0 Å². The quantitative estimate of drug-likeness (QED) is 0.518. The Bertz CT molecular complexity index is 405. The lowest BCUT2D eigenvalue weighted by Crippen LogP contribution is -2.34. The Hall–Kier alpha value is -1.38. The van der Waals surface area contributed by atoms with E-state index in [-0.39, 0.29) is 0 Å². The Balaban J connectivity index is 1.90. The van der Waals surface area contributed by atoms with Crippen molar-refractivity contribution in [3.8, 4) is 0 Å². The summed E-state index contributed by atoms with van der Waals surface area (Å²) in [7, 11) is 0. The fourth-order valence-corrected chi connectivity index (χ4v) is 2.95. The molecule has 1 atom stereocenters. The zero-order valence-corrected chi connectivity index (χ0v) is 11.8. The smallest absolute Gasteiger partial charge is 0.0661 e. The molecular formula is C16H24N2O. The second kappa shape index (κ2) is 7.27. The van der Waals surface area contributed by atoms with E-state index < -0.39 is 0 Å². The molecule has 1 unspecified atom stereocenters. The number of nitrogens with zero attached hydrogens (tertiary/aromatic N) is 2. The van der Waals surface area contributed by atoms with E-state index in [1.54, 1.807) is 5.01 Å². The van der Waals surface area contributed by atoms with E-state index in [9.17, 15) is 4.91 Å². The number of aryl methyl sites for hydroxylation is 1. The van der Waals surface area contributed by atoms with Gasteiger partial charge in [-0.15, -0.1) is 4.91 Å². The van der Waals surface area contributed by atoms with Crippen LogP contribution in [0.4, 0.5) is 5.69 Å². The van der Waals surface area contributed by atoms with Gasteiger partial charge < -0.3 is 0 Å². The Kier molecular flexibility index (Phi) is 5.37. The third-order valence-electron chi connectivity index (χ3n) is 4.06. The van der Waals surface area contributed by atoms with Gasteiger partial charge in [0.25, 0.3) is 0 Å². The molecule has 0 saturated carbocycles. The highest BCUT2D eigenvalue weighted by Gasteiger charge is 2.26. The number of benzene rings is 1. The highest BCUT2D eigenvalue weighted by Crippen LogP contribution is 2.32. The molecule has 0 aliphatic carbocycles. The first-order valence-corrected chi connectivity index (χ1v) is 7.57. The van der Waals surface area contributed by atoms with E-state index in [2.05, 4.69) is 18.3 Å². The van der Waals surface area contributed by atoms with E-state index in [0.717, 1.165) is 24.9 Å². The normalized spacial score (nSPS) is 18.2. The summed E-state index contributed by atoms with van der Waals surface area (Å²) >= 11 is 0. The van der Waals surface area contributed by atoms with Gasteiger partial charge in [0.2, 0.25) is 0 Å². The molecule has 19 heavy (non-hydrogen) atoms. The summed E-state index contributed by atoms with van der Waals surface area (Å²) in [5.74, 6) is 0. The monoisotopic (exact) mass is 260 g/mol. The predicted molar refractivity (Wildman–Crippen MR) is 80.2 cm³/mol. The second-order valence-corrected chi connectivity index (χ2v) is 5.45. The summed E-state index contributed by atoms with van der Waals surface area (Å²) in [6.07, 6.45) is 9.61. The van der Waals surface area contributed by atoms with Crippen LogP contribution in [0.25, 0.3) is 0 Å². The minimum absolute atomic E-state index is 0.300. The van der Waals surface area contributed by atoms with Gasteiger partial charge in [-0.1, -0.05) is 57.2 Å². The van der Waals surface area contributed by atoms with Crippen LogP contribution >= 0.6 is 0 Å². The van der Waals surface area contributed by atoms with Crippen molar-refractivity contribution in [2.75, 3.05) is 5.01 Å². The van der Waals surface area contributed by atoms with Crippen LogP contribution in [0, 0.1) is 4.91 Å². The fraction of sp³-hybridized carbons (Fsp3) is 0.625. The minimum Gasteiger partial charge on any atom is -0.226 e. The lowest BCUT2D eigenvalue weighted by atomic mass is 9.94. The fourth-order valence-electron chi connectivity index (χ4n) is 2.95. The molecule has 0 spiro atoms. The summed E-state index contributed by atoms with van der Waals surface area (Å²) in [6.45, 7) is 2.23. The number of anilines is 1. The lowest BCUT2D eigenvalue weighted by molar-refractivity contribution is 0.471. The second-order valence-electron chi connectivity index (χ2n) is 5.45. The number of hydrogen-bond donors (Lipinski definition) is 0. The van der Waals surface area contributed by atoms with Crippen molar-refractivity contribution < 1.29 is 0 Å². The maximum atomic E-state index is 11.1. The summed E-state index contributed by atoms with van der Waals surface area (Å²) in [4.78, 5) is 11.1. The molecule has 1 aromatic carbocycles. The topological polar surface area (TPSA) is 32.7 Å². The first kappa shape index (κ1) is 14.0. The average Bonchev–Trinajstić information content (AvgIpc) is 2.46. The van der Waals surface area contributed by atoms with Gasteiger partial charge in [-0.05, 0) is 30.9 Å². The molecule has 104 valence electrons. The van der Waals surface area contributed by atoms with Gasteiger partial charge in [0.05, 0.1) is 17.0 Å². The number of fused-ring (bicyclic) bond motifs is 1. The van der Waals surface area contributed by atoms with Crippen LogP contribution in [0.5, 0.6) is 0 Å². The predicted octanol–water partition coefficient (Wildman–Crippen LogP) is 4.85. The largest absolute Gasteiger partial charge is 0.226 e. The van der Waals surface area contributed by atoms with Crippen LogP contribution in [0.15, 0.2) is 29.6 Å². The molecule has 1 aliphatic heterocycles. The van der Waals surface area contributed by atoms with Crippen molar-refractivity contribution in [2.24, 2.45) is 5.29 Å². The van der Waals surface area contributed by atoms with E-state index >= 15 is 0 Å². The molecule has 0 amide bonds. The van der Waals surface area contributed by atoms with Gasteiger partial charge in [-0.25, -0.2) is 5.01 Å². The number of nitroso groups, excluding NO2 is 1. The van der Waals surface area contributed by atoms with Crippen molar-refractivity contribution in [3.63, 3.8) is 0 Å². The van der Waals surface area contributed by atoms with Gasteiger partial charge >= 0.3 is 0 Å². The highest BCUT2D eigenvalue weighted by atomic mass is 16.3. The molecule has 0 bridgehead atoms. The van der Waals surface area contributed by atoms with E-state index in [1.807, 2.05) is 18.2 Å². The van der Waals surface area contributed by atoms with Crippen molar-refractivity contribution in [1.29, 1.82) is 0 Å². The Morgan fingerprint density at radius 1 is 1.21 bits per heavy atom. The van der Waals surface area contributed by atoms with Crippen LogP contribution in [-0.2, 0) is 6.42 Å². The Morgan fingerprint density at radius 3 is 2.79 bits per heavy atom. The van der Waals surface area contributed by atoms with Crippen LogP contribution in [-0.4, -0.2) is 6.04 Å². The number of hydrogen-bond acceptors (Lipinski definition) is 2. The highest BCUT2D eigenvalue weighted by molar-refractivity contribution is 5.55. The van der Waals surface area contributed by atoms with Gasteiger partial charge in [0.15, 0.2) is 0 Å². The third kappa shape index (κ3) is 3.55. The molecule has 3 heteroatoms. The Morgan fingerprint density at radius 2 is 2.00 bits per heavy atom. The third-order valence-corrected chi connectivity index (χ3v) is 4.06. The van der Waals surface area contributed by atoms with E-state index in [1.165, 1.54) is 37.7 Å². The standard InChI is InChI=1S/C16H24N2O/c1-2-3-4-5-6-10-15-13-12-14-9-7-8-11-16(14)18(15)17-19/h7-9,11,15H,2-6,10,12-13H2,1H3. The molecule has 1 aliphatic rings. The number of rotatable bonds is 7. The molecule has 0 fully saturated rings. The average molecular weight is 260 g/mol. The maximum absolute atomic E-state index is 11.1. The van der Waals surface area contributed by atoms with Gasteiger partial charge in [0.1, 0.15) is 0 Å². The SMILES string of the molecule is CCCCCCCC1CCc2ccccc2N1N=O. The zero-order valence-electron chi connectivity index (χ0n) is 11.8. The van der Waals surface area contributed by atoms with Crippen molar-refractivity contribution >= 4 is 5.69 Å². The molecule has 1 aromatic rings. The molecule has 0 N–H and O–H groups in total. The Labute approximate surface area is 115 Å².